The molecule has 0 aliphatic carbocycles. The van der Waals surface area contributed by atoms with Crippen LogP contribution in [-0.2, 0) is 0 Å². The third-order valence-electron chi connectivity index (χ3n) is 7.55. The first-order valence-corrected chi connectivity index (χ1v) is 12.9. The van der Waals surface area contributed by atoms with Gasteiger partial charge in [-0.05, 0) is 35.9 Å². The predicted octanol–water partition coefficient (Wildman–Crippen LogP) is 8.94. The van der Waals surface area contributed by atoms with Crippen LogP contribution in [0.5, 0.6) is 0 Å². The summed E-state index contributed by atoms with van der Waals surface area (Å²) in [7, 11) is 0. The van der Waals surface area contributed by atoms with Crippen molar-refractivity contribution in [3.8, 4) is 22.5 Å². The van der Waals surface area contributed by atoms with E-state index in [-0.39, 0.29) is 0 Å². The van der Waals surface area contributed by atoms with Crippen molar-refractivity contribution in [2.24, 2.45) is 0 Å². The van der Waals surface area contributed by atoms with Gasteiger partial charge in [0.25, 0.3) is 0 Å². The van der Waals surface area contributed by atoms with Gasteiger partial charge in [-0.1, -0.05) is 103 Å². The Morgan fingerprint density at radius 2 is 1.05 bits per heavy atom. The van der Waals surface area contributed by atoms with Gasteiger partial charge < -0.3 is 9.13 Å². The van der Waals surface area contributed by atoms with E-state index in [2.05, 4.69) is 149 Å². The van der Waals surface area contributed by atoms with Crippen LogP contribution in [0.25, 0.3) is 66.2 Å². The smallest absolute Gasteiger partial charge is 0.0985 e. The van der Waals surface area contributed by atoms with E-state index in [9.17, 15) is 0 Å². The Morgan fingerprint density at radius 3 is 1.84 bits per heavy atom. The summed E-state index contributed by atoms with van der Waals surface area (Å²) in [6.45, 7) is 0. The first kappa shape index (κ1) is 21.0. The van der Waals surface area contributed by atoms with Crippen LogP contribution in [0.2, 0.25) is 0 Å². The molecular formula is C35H23N3. The van der Waals surface area contributed by atoms with Crippen molar-refractivity contribution >= 4 is 43.7 Å². The van der Waals surface area contributed by atoms with Gasteiger partial charge in [-0.3, -0.25) is 4.98 Å². The summed E-state index contributed by atoms with van der Waals surface area (Å²) in [5.41, 5.74) is 10.3. The summed E-state index contributed by atoms with van der Waals surface area (Å²) in [4.78, 5) is 5.11. The van der Waals surface area contributed by atoms with Gasteiger partial charge in [0.15, 0.2) is 0 Å². The summed E-state index contributed by atoms with van der Waals surface area (Å²) in [5.74, 6) is 0. The van der Waals surface area contributed by atoms with Crippen LogP contribution in [0.15, 0.2) is 140 Å². The minimum atomic E-state index is 1.01. The molecule has 3 aromatic heterocycles. The van der Waals surface area contributed by atoms with Crippen LogP contribution in [0.3, 0.4) is 0 Å². The first-order valence-electron chi connectivity index (χ1n) is 12.9. The maximum atomic E-state index is 5.11. The molecule has 8 rings (SSSR count). The molecule has 0 atom stereocenters. The Morgan fingerprint density at radius 1 is 0.447 bits per heavy atom. The number of hydrogen-bond donors (Lipinski definition) is 0. The standard InChI is InChI=1S/C35H23N3/c1-3-13-24(14-4-1)26-17-7-10-20-30(26)38-32-22-12-9-19-28(32)33-35(38)34-29(23-36-33)27-18-8-11-21-31(27)37(34)25-15-5-2-6-16-25/h1-23H. The van der Waals surface area contributed by atoms with Crippen molar-refractivity contribution < 1.29 is 0 Å². The highest BCUT2D eigenvalue weighted by Crippen LogP contribution is 2.41. The van der Waals surface area contributed by atoms with Crippen LogP contribution >= 0.6 is 0 Å². The van der Waals surface area contributed by atoms with Crippen LogP contribution in [0.1, 0.15) is 0 Å². The van der Waals surface area contributed by atoms with E-state index in [4.69, 9.17) is 4.98 Å². The fraction of sp³-hybridized carbons (Fsp3) is 0. The van der Waals surface area contributed by atoms with Gasteiger partial charge in [0.05, 0.1) is 33.3 Å². The van der Waals surface area contributed by atoms with Crippen LogP contribution in [0, 0.1) is 0 Å². The zero-order valence-electron chi connectivity index (χ0n) is 20.6. The topological polar surface area (TPSA) is 22.8 Å². The van der Waals surface area contributed by atoms with Gasteiger partial charge >= 0.3 is 0 Å². The summed E-state index contributed by atoms with van der Waals surface area (Å²) in [6.07, 6.45) is 2.05. The minimum Gasteiger partial charge on any atom is -0.307 e. The number of fused-ring (bicyclic) bond motifs is 7. The van der Waals surface area contributed by atoms with E-state index in [0.717, 1.165) is 38.7 Å². The van der Waals surface area contributed by atoms with E-state index in [1.165, 1.54) is 27.5 Å². The van der Waals surface area contributed by atoms with Crippen LogP contribution in [0.4, 0.5) is 0 Å². The molecule has 0 N–H and O–H groups in total. The van der Waals surface area contributed by atoms with Gasteiger partial charge in [-0.15, -0.1) is 0 Å². The van der Waals surface area contributed by atoms with Crippen molar-refractivity contribution in [2.75, 3.05) is 0 Å². The van der Waals surface area contributed by atoms with Gasteiger partial charge in [-0.25, -0.2) is 0 Å². The van der Waals surface area contributed by atoms with Gasteiger partial charge in [0, 0.05) is 33.6 Å². The zero-order valence-corrected chi connectivity index (χ0v) is 20.6. The highest BCUT2D eigenvalue weighted by molar-refractivity contribution is 6.22. The number of hydrogen-bond acceptors (Lipinski definition) is 1. The molecule has 5 aromatic carbocycles. The second-order valence-electron chi connectivity index (χ2n) is 9.64. The lowest BCUT2D eigenvalue weighted by atomic mass is 10.0. The molecule has 38 heavy (non-hydrogen) atoms. The molecule has 3 nitrogen and oxygen atoms in total. The van der Waals surface area contributed by atoms with E-state index >= 15 is 0 Å². The Labute approximate surface area is 219 Å². The largest absolute Gasteiger partial charge is 0.307 e. The Bertz CT molecular complexity index is 2120. The lowest BCUT2D eigenvalue weighted by molar-refractivity contribution is 1.15. The minimum absolute atomic E-state index is 1.01. The molecule has 0 radical (unpaired) electrons. The maximum absolute atomic E-state index is 5.11. The van der Waals surface area contributed by atoms with Crippen molar-refractivity contribution in [3.05, 3.63) is 140 Å². The Balaban J connectivity index is 1.63. The van der Waals surface area contributed by atoms with Crippen molar-refractivity contribution in [3.63, 3.8) is 0 Å². The monoisotopic (exact) mass is 485 g/mol. The van der Waals surface area contributed by atoms with Crippen molar-refractivity contribution in [1.29, 1.82) is 0 Å². The molecular weight excluding hydrogens is 462 g/mol. The third-order valence-corrected chi connectivity index (χ3v) is 7.55. The van der Waals surface area contributed by atoms with Gasteiger partial charge in [-0.2, -0.15) is 0 Å². The molecule has 3 heteroatoms. The third kappa shape index (κ3) is 2.93. The molecule has 0 unspecified atom stereocenters. The SMILES string of the molecule is c1ccc(-c2ccccc2-n2c3ccccc3c3ncc4c5ccccc5n(-c5ccccc5)c4c32)cc1. The van der Waals surface area contributed by atoms with Gasteiger partial charge in [0.1, 0.15) is 0 Å². The number of rotatable bonds is 3. The molecule has 0 aliphatic rings. The van der Waals surface area contributed by atoms with E-state index in [1.807, 2.05) is 0 Å². The molecule has 0 aliphatic heterocycles. The molecule has 0 fully saturated rings. The average Bonchev–Trinajstić information content (AvgIpc) is 3.51. The average molecular weight is 486 g/mol. The van der Waals surface area contributed by atoms with Crippen LogP contribution in [-0.4, -0.2) is 14.1 Å². The Hall–Kier alpha value is -5.15. The normalized spacial score (nSPS) is 11.7. The number of pyridine rings is 1. The molecule has 8 aromatic rings. The van der Waals surface area contributed by atoms with E-state index in [0.29, 0.717) is 0 Å². The zero-order chi connectivity index (χ0) is 25.1. The van der Waals surface area contributed by atoms with Crippen molar-refractivity contribution in [1.82, 2.24) is 14.1 Å². The van der Waals surface area contributed by atoms with Gasteiger partial charge in [0.2, 0.25) is 0 Å². The maximum Gasteiger partial charge on any atom is 0.0985 e. The van der Waals surface area contributed by atoms with Crippen LogP contribution < -0.4 is 0 Å². The second kappa shape index (κ2) is 8.19. The molecule has 178 valence electrons. The second-order valence-corrected chi connectivity index (χ2v) is 9.64. The molecule has 0 spiro atoms. The number of benzene rings is 5. The quantitative estimate of drug-likeness (QED) is 0.245. The Kier molecular flexibility index (Phi) is 4.52. The lowest BCUT2D eigenvalue weighted by Gasteiger charge is -2.15. The molecule has 0 saturated heterocycles. The predicted molar refractivity (Wildman–Crippen MR) is 158 cm³/mol. The molecule has 3 heterocycles. The molecule has 0 amide bonds. The highest BCUT2D eigenvalue weighted by Gasteiger charge is 2.22. The fourth-order valence-electron chi connectivity index (χ4n) is 5.96. The fourth-order valence-corrected chi connectivity index (χ4v) is 5.96. The lowest BCUT2D eigenvalue weighted by Crippen LogP contribution is -2.00. The number of aromatic nitrogens is 3. The first-order chi connectivity index (χ1) is 18.9. The highest BCUT2D eigenvalue weighted by atomic mass is 15.1. The van der Waals surface area contributed by atoms with E-state index < -0.39 is 0 Å². The van der Waals surface area contributed by atoms with E-state index in [1.54, 1.807) is 0 Å². The summed E-state index contributed by atoms with van der Waals surface area (Å²) >= 11 is 0. The summed E-state index contributed by atoms with van der Waals surface area (Å²) in [6, 6.07) is 47.2. The summed E-state index contributed by atoms with van der Waals surface area (Å²) in [5, 5.41) is 3.50. The number of nitrogens with zero attached hydrogens (tertiary/aromatic N) is 3. The number of para-hydroxylation sites is 4. The van der Waals surface area contributed by atoms with Crippen molar-refractivity contribution in [2.45, 2.75) is 0 Å². The molecule has 0 bridgehead atoms. The summed E-state index contributed by atoms with van der Waals surface area (Å²) < 4.78 is 4.82. The molecule has 0 saturated carbocycles.